The lowest BCUT2D eigenvalue weighted by Gasteiger charge is -2.23. The Labute approximate surface area is 116 Å². The maximum atomic E-state index is 11.8. The summed E-state index contributed by atoms with van der Waals surface area (Å²) in [6, 6.07) is 0.0352. The Hall–Kier alpha value is -0.610. The largest absolute Gasteiger partial charge is 0.378 e. The molecule has 2 N–H and O–H groups in total. The highest BCUT2D eigenvalue weighted by Crippen LogP contribution is 2.20. The third kappa shape index (κ3) is 5.49. The molecular formula is C15H28N2O2. The molecule has 4 nitrogen and oxygen atoms in total. The monoisotopic (exact) mass is 268 g/mol. The van der Waals surface area contributed by atoms with Crippen LogP contribution in [-0.2, 0) is 9.53 Å². The highest BCUT2D eigenvalue weighted by molar-refractivity contribution is 5.81. The van der Waals surface area contributed by atoms with E-state index in [1.165, 1.54) is 38.5 Å². The zero-order valence-electron chi connectivity index (χ0n) is 12.0. The summed E-state index contributed by atoms with van der Waals surface area (Å²) in [5.41, 5.74) is 0. The number of piperidine rings is 1. The first-order valence-corrected chi connectivity index (χ1v) is 7.99. The number of amides is 1. The zero-order chi connectivity index (χ0) is 13.3. The van der Waals surface area contributed by atoms with Crippen LogP contribution in [0.5, 0.6) is 0 Å². The van der Waals surface area contributed by atoms with E-state index in [-0.39, 0.29) is 11.9 Å². The van der Waals surface area contributed by atoms with Gasteiger partial charge in [-0.25, -0.2) is 0 Å². The van der Waals surface area contributed by atoms with E-state index in [0.29, 0.717) is 6.10 Å². The molecule has 0 aromatic heterocycles. The first-order valence-electron chi connectivity index (χ1n) is 7.99. The lowest BCUT2D eigenvalue weighted by atomic mass is 9.98. The Morgan fingerprint density at radius 2 is 1.89 bits per heavy atom. The van der Waals surface area contributed by atoms with Crippen LogP contribution in [0.2, 0.25) is 0 Å². The molecule has 1 aliphatic carbocycles. The maximum absolute atomic E-state index is 11.8. The quantitative estimate of drug-likeness (QED) is 0.724. The smallest absolute Gasteiger partial charge is 0.237 e. The van der Waals surface area contributed by atoms with Crippen LogP contribution in [-0.4, -0.2) is 37.7 Å². The molecule has 1 saturated carbocycles. The average molecular weight is 268 g/mol. The summed E-state index contributed by atoms with van der Waals surface area (Å²) in [5, 5.41) is 6.28. The van der Waals surface area contributed by atoms with Gasteiger partial charge in [0, 0.05) is 13.2 Å². The Kier molecular flexibility index (Phi) is 6.65. The molecule has 4 heteroatoms. The van der Waals surface area contributed by atoms with Gasteiger partial charge in [0.25, 0.3) is 0 Å². The molecule has 1 unspecified atom stereocenters. The first-order chi connectivity index (χ1) is 9.36. The van der Waals surface area contributed by atoms with Gasteiger partial charge in [0.05, 0.1) is 12.1 Å². The van der Waals surface area contributed by atoms with Crippen molar-refractivity contribution >= 4 is 5.91 Å². The van der Waals surface area contributed by atoms with E-state index in [1.807, 2.05) is 0 Å². The molecule has 2 rings (SSSR count). The van der Waals surface area contributed by atoms with Crippen molar-refractivity contribution in [3.05, 3.63) is 0 Å². The predicted molar refractivity (Wildman–Crippen MR) is 76.1 cm³/mol. The Balaban J connectivity index is 1.47. The van der Waals surface area contributed by atoms with E-state index < -0.39 is 0 Å². The Bertz CT molecular complexity index is 259. The summed E-state index contributed by atoms with van der Waals surface area (Å²) < 4.78 is 5.84. The van der Waals surface area contributed by atoms with Gasteiger partial charge in [-0.1, -0.05) is 25.7 Å². The second-order valence-corrected chi connectivity index (χ2v) is 5.78. The zero-order valence-corrected chi connectivity index (χ0v) is 12.0. The van der Waals surface area contributed by atoms with Gasteiger partial charge >= 0.3 is 0 Å². The molecule has 19 heavy (non-hydrogen) atoms. The molecule has 2 aliphatic rings. The van der Waals surface area contributed by atoms with Crippen LogP contribution in [0.4, 0.5) is 0 Å². The Morgan fingerprint density at radius 3 is 2.63 bits per heavy atom. The fraction of sp³-hybridized carbons (Fsp3) is 0.933. The van der Waals surface area contributed by atoms with Gasteiger partial charge < -0.3 is 15.4 Å². The minimum Gasteiger partial charge on any atom is -0.378 e. The van der Waals surface area contributed by atoms with Crippen molar-refractivity contribution in [2.75, 3.05) is 19.7 Å². The highest BCUT2D eigenvalue weighted by Gasteiger charge is 2.19. The lowest BCUT2D eigenvalue weighted by Crippen LogP contribution is -2.46. The molecular weight excluding hydrogens is 240 g/mol. The van der Waals surface area contributed by atoms with Gasteiger partial charge in [0.2, 0.25) is 5.91 Å². The molecule has 0 aromatic rings. The molecule has 0 radical (unpaired) electrons. The molecule has 1 atom stereocenters. The molecule has 1 amide bonds. The van der Waals surface area contributed by atoms with Crippen LogP contribution < -0.4 is 10.6 Å². The predicted octanol–water partition coefficient (Wildman–Crippen LogP) is 1.98. The molecule has 2 fully saturated rings. The van der Waals surface area contributed by atoms with E-state index in [9.17, 15) is 4.79 Å². The van der Waals surface area contributed by atoms with Gasteiger partial charge in [-0.15, -0.1) is 0 Å². The van der Waals surface area contributed by atoms with Crippen molar-refractivity contribution in [3.8, 4) is 0 Å². The molecule has 110 valence electrons. The van der Waals surface area contributed by atoms with Gasteiger partial charge in [-0.05, 0) is 38.6 Å². The minimum atomic E-state index is 0.0352. The van der Waals surface area contributed by atoms with Crippen molar-refractivity contribution in [1.29, 1.82) is 0 Å². The van der Waals surface area contributed by atoms with Crippen molar-refractivity contribution < 1.29 is 9.53 Å². The van der Waals surface area contributed by atoms with Crippen LogP contribution in [0.25, 0.3) is 0 Å². The molecule has 1 aliphatic heterocycles. The number of carbonyl (C=O) groups excluding carboxylic acids is 1. The van der Waals surface area contributed by atoms with Crippen molar-refractivity contribution in [3.63, 3.8) is 0 Å². The van der Waals surface area contributed by atoms with Crippen molar-refractivity contribution in [1.82, 2.24) is 10.6 Å². The fourth-order valence-electron chi connectivity index (χ4n) is 2.96. The minimum absolute atomic E-state index is 0.0352. The first kappa shape index (κ1) is 14.8. The second kappa shape index (κ2) is 8.54. The number of ether oxygens (including phenoxy) is 1. The summed E-state index contributed by atoms with van der Waals surface area (Å²) in [4.78, 5) is 11.8. The van der Waals surface area contributed by atoms with Crippen LogP contribution in [0.1, 0.15) is 57.8 Å². The van der Waals surface area contributed by atoms with E-state index in [4.69, 9.17) is 4.74 Å². The molecule has 0 aromatic carbocycles. The van der Waals surface area contributed by atoms with Crippen LogP contribution in [0, 0.1) is 0 Å². The van der Waals surface area contributed by atoms with Crippen molar-refractivity contribution in [2.45, 2.75) is 69.9 Å². The number of nitrogens with one attached hydrogen (secondary N) is 2. The summed E-state index contributed by atoms with van der Waals surface area (Å²) >= 11 is 0. The molecule has 0 bridgehead atoms. The van der Waals surface area contributed by atoms with Crippen molar-refractivity contribution in [2.24, 2.45) is 0 Å². The van der Waals surface area contributed by atoms with E-state index >= 15 is 0 Å². The van der Waals surface area contributed by atoms with Gasteiger partial charge in [0.1, 0.15) is 0 Å². The molecule has 0 spiro atoms. The van der Waals surface area contributed by atoms with E-state index in [1.54, 1.807) is 0 Å². The fourth-order valence-corrected chi connectivity index (χ4v) is 2.96. The van der Waals surface area contributed by atoms with E-state index in [2.05, 4.69) is 10.6 Å². The Morgan fingerprint density at radius 1 is 1.11 bits per heavy atom. The summed E-state index contributed by atoms with van der Waals surface area (Å²) in [6.45, 7) is 2.50. The van der Waals surface area contributed by atoms with Crippen LogP contribution in [0.3, 0.4) is 0 Å². The number of hydrogen-bond donors (Lipinski definition) is 2. The van der Waals surface area contributed by atoms with Crippen LogP contribution in [0.15, 0.2) is 0 Å². The lowest BCUT2D eigenvalue weighted by molar-refractivity contribution is -0.123. The van der Waals surface area contributed by atoms with Gasteiger partial charge in [0.15, 0.2) is 0 Å². The molecule has 1 heterocycles. The summed E-state index contributed by atoms with van der Waals surface area (Å²) in [7, 11) is 0. The second-order valence-electron chi connectivity index (χ2n) is 5.78. The topological polar surface area (TPSA) is 50.4 Å². The summed E-state index contributed by atoms with van der Waals surface area (Å²) in [5.74, 6) is 0.164. The van der Waals surface area contributed by atoms with Crippen LogP contribution >= 0.6 is 0 Å². The van der Waals surface area contributed by atoms with E-state index in [0.717, 1.165) is 39.0 Å². The average Bonchev–Trinajstić information content (AvgIpc) is 2.49. The third-order valence-electron chi connectivity index (χ3n) is 4.15. The standard InChI is InChI=1S/C15H28N2O2/c18-15(14-9-4-5-10-16-14)17-11-6-12-19-13-7-2-1-3-8-13/h13-14,16H,1-12H2,(H,17,18). The summed E-state index contributed by atoms with van der Waals surface area (Å²) in [6.07, 6.45) is 11.2. The number of carbonyl (C=O) groups is 1. The van der Waals surface area contributed by atoms with Gasteiger partial charge in [-0.3, -0.25) is 4.79 Å². The third-order valence-corrected chi connectivity index (χ3v) is 4.15. The SMILES string of the molecule is O=C(NCCCOC1CCCCC1)C1CCCCN1. The normalized spacial score (nSPS) is 25.2. The number of rotatable bonds is 6. The van der Waals surface area contributed by atoms with Gasteiger partial charge in [-0.2, -0.15) is 0 Å². The number of hydrogen-bond acceptors (Lipinski definition) is 3. The highest BCUT2D eigenvalue weighted by atomic mass is 16.5. The molecule has 1 saturated heterocycles. The maximum Gasteiger partial charge on any atom is 0.237 e.